The van der Waals surface area contributed by atoms with Gasteiger partial charge in [-0.3, -0.25) is 4.79 Å². The zero-order valence-electron chi connectivity index (χ0n) is 10.2. The number of carbonyl (C=O) groups excluding carboxylic acids is 2. The molecule has 1 unspecified atom stereocenters. The lowest BCUT2D eigenvalue weighted by atomic mass is 10.1. The lowest BCUT2D eigenvalue weighted by molar-refractivity contribution is -0.143. The molecule has 0 saturated carbocycles. The number of anilines is 1. The number of fused-ring (bicyclic) bond motifs is 1. The number of nitrogens with zero attached hydrogens (tertiary/aromatic N) is 1. The molecule has 18 heavy (non-hydrogen) atoms. The average Bonchev–Trinajstić information content (AvgIpc) is 2.71. The van der Waals surface area contributed by atoms with Gasteiger partial charge in [0.2, 0.25) is 5.88 Å². The third kappa shape index (κ3) is 2.58. The minimum Gasteiger partial charge on any atom is -0.464 e. The first-order valence-corrected chi connectivity index (χ1v) is 5.71. The molecule has 0 bridgehead atoms. The van der Waals surface area contributed by atoms with Crippen molar-refractivity contribution in [3.8, 4) is 5.88 Å². The van der Waals surface area contributed by atoms with E-state index in [1.54, 1.807) is 19.1 Å². The van der Waals surface area contributed by atoms with Gasteiger partial charge < -0.3 is 14.8 Å². The third-order valence-corrected chi connectivity index (χ3v) is 2.51. The number of esters is 2. The second kappa shape index (κ2) is 5.03. The average molecular weight is 250 g/mol. The standard InChI is InChI=1S/C12H14N2O4/c1-3-17-12(16)9-6-8-4-5-10(18-7(2)15)14-11(8)13-9/h4-5,9H,3,6H2,1-2H3,(H,13,14). The van der Waals surface area contributed by atoms with Crippen LogP contribution in [0.3, 0.4) is 0 Å². The lowest BCUT2D eigenvalue weighted by Crippen LogP contribution is -2.29. The maximum atomic E-state index is 11.6. The van der Waals surface area contributed by atoms with E-state index in [9.17, 15) is 9.59 Å². The molecule has 1 aliphatic rings. The van der Waals surface area contributed by atoms with Gasteiger partial charge in [-0.2, -0.15) is 4.98 Å². The van der Waals surface area contributed by atoms with Crippen molar-refractivity contribution in [3.63, 3.8) is 0 Å². The smallest absolute Gasteiger partial charge is 0.328 e. The Bertz CT molecular complexity index is 487. The topological polar surface area (TPSA) is 77.5 Å². The summed E-state index contributed by atoms with van der Waals surface area (Å²) in [6.45, 7) is 3.42. The van der Waals surface area contributed by atoms with Crippen LogP contribution in [0, 0.1) is 0 Å². The zero-order valence-corrected chi connectivity index (χ0v) is 10.2. The molecule has 6 nitrogen and oxygen atoms in total. The van der Waals surface area contributed by atoms with Crippen molar-refractivity contribution < 1.29 is 19.1 Å². The number of aromatic nitrogens is 1. The Balaban J connectivity index is 2.10. The maximum absolute atomic E-state index is 11.6. The predicted molar refractivity (Wildman–Crippen MR) is 63.3 cm³/mol. The Hall–Kier alpha value is -2.11. The van der Waals surface area contributed by atoms with Crippen molar-refractivity contribution in [2.45, 2.75) is 26.3 Å². The molecule has 0 fully saturated rings. The lowest BCUT2D eigenvalue weighted by Gasteiger charge is -2.08. The van der Waals surface area contributed by atoms with Crippen molar-refractivity contribution in [3.05, 3.63) is 17.7 Å². The molecular formula is C12H14N2O4. The van der Waals surface area contributed by atoms with Crippen LogP contribution < -0.4 is 10.1 Å². The summed E-state index contributed by atoms with van der Waals surface area (Å²) >= 11 is 0. The number of hydrogen-bond donors (Lipinski definition) is 1. The molecule has 1 aromatic heterocycles. The highest BCUT2D eigenvalue weighted by Crippen LogP contribution is 2.26. The van der Waals surface area contributed by atoms with Gasteiger partial charge >= 0.3 is 11.9 Å². The summed E-state index contributed by atoms with van der Waals surface area (Å²) in [5.74, 6) is 0.0528. The van der Waals surface area contributed by atoms with Gasteiger partial charge in [0.25, 0.3) is 0 Å². The van der Waals surface area contributed by atoms with Crippen LogP contribution >= 0.6 is 0 Å². The number of ether oxygens (including phenoxy) is 2. The minimum atomic E-state index is -0.428. The van der Waals surface area contributed by atoms with Crippen molar-refractivity contribution in [2.75, 3.05) is 11.9 Å². The normalized spacial score (nSPS) is 16.7. The second-order valence-electron chi connectivity index (χ2n) is 3.90. The van der Waals surface area contributed by atoms with Gasteiger partial charge in [-0.05, 0) is 18.6 Å². The van der Waals surface area contributed by atoms with E-state index in [1.165, 1.54) is 6.92 Å². The molecule has 2 heterocycles. The number of carbonyl (C=O) groups is 2. The van der Waals surface area contributed by atoms with E-state index < -0.39 is 12.0 Å². The van der Waals surface area contributed by atoms with Gasteiger partial charge in [0, 0.05) is 19.4 Å². The molecule has 1 N–H and O–H groups in total. The summed E-state index contributed by atoms with van der Waals surface area (Å²) in [6, 6.07) is 2.97. The van der Waals surface area contributed by atoms with Crippen LogP contribution in [0.15, 0.2) is 12.1 Å². The zero-order chi connectivity index (χ0) is 13.1. The molecular weight excluding hydrogens is 236 g/mol. The van der Waals surface area contributed by atoms with Crippen molar-refractivity contribution >= 4 is 17.8 Å². The van der Waals surface area contributed by atoms with E-state index in [0.717, 1.165) is 5.56 Å². The molecule has 0 aliphatic carbocycles. The first kappa shape index (κ1) is 12.3. The van der Waals surface area contributed by atoms with Gasteiger partial charge in [-0.15, -0.1) is 0 Å². The Morgan fingerprint density at radius 2 is 2.28 bits per heavy atom. The van der Waals surface area contributed by atoms with Crippen LogP contribution in [0.5, 0.6) is 5.88 Å². The van der Waals surface area contributed by atoms with Crippen LogP contribution in [0.4, 0.5) is 5.82 Å². The summed E-state index contributed by atoms with van der Waals surface area (Å²) in [7, 11) is 0. The molecule has 1 aliphatic heterocycles. The molecule has 1 aromatic rings. The minimum absolute atomic E-state index is 0.221. The fourth-order valence-corrected chi connectivity index (χ4v) is 1.78. The molecule has 0 spiro atoms. The van der Waals surface area contributed by atoms with E-state index in [-0.39, 0.29) is 11.8 Å². The van der Waals surface area contributed by atoms with Gasteiger partial charge in [0.05, 0.1) is 6.61 Å². The van der Waals surface area contributed by atoms with Crippen molar-refractivity contribution in [1.82, 2.24) is 4.98 Å². The maximum Gasteiger partial charge on any atom is 0.328 e. The van der Waals surface area contributed by atoms with Crippen molar-refractivity contribution in [1.29, 1.82) is 0 Å². The summed E-state index contributed by atoms with van der Waals surface area (Å²) in [5, 5.41) is 2.96. The first-order chi connectivity index (χ1) is 8.60. The van der Waals surface area contributed by atoms with Gasteiger partial charge in [0.1, 0.15) is 11.9 Å². The predicted octanol–water partition coefficient (Wildman–Crippen LogP) is 0.907. The number of pyridine rings is 1. The van der Waals surface area contributed by atoms with E-state index in [2.05, 4.69) is 10.3 Å². The molecule has 2 rings (SSSR count). The summed E-state index contributed by atoms with van der Waals surface area (Å²) < 4.78 is 9.81. The van der Waals surface area contributed by atoms with Crippen LogP contribution in [-0.4, -0.2) is 29.6 Å². The highest BCUT2D eigenvalue weighted by Gasteiger charge is 2.29. The number of rotatable bonds is 3. The molecule has 6 heteroatoms. The second-order valence-corrected chi connectivity index (χ2v) is 3.90. The van der Waals surface area contributed by atoms with E-state index in [1.807, 2.05) is 0 Å². The van der Waals surface area contributed by atoms with Crippen LogP contribution in [0.1, 0.15) is 19.4 Å². The molecule has 0 radical (unpaired) electrons. The molecule has 96 valence electrons. The quantitative estimate of drug-likeness (QED) is 0.803. The molecule has 0 saturated heterocycles. The summed E-state index contributed by atoms with van der Waals surface area (Å²) in [6.07, 6.45) is 0.529. The highest BCUT2D eigenvalue weighted by atomic mass is 16.5. The van der Waals surface area contributed by atoms with Crippen LogP contribution in [0.2, 0.25) is 0 Å². The molecule has 0 aromatic carbocycles. The Morgan fingerprint density at radius 1 is 1.50 bits per heavy atom. The Labute approximate surface area is 104 Å². The fraction of sp³-hybridized carbons (Fsp3) is 0.417. The summed E-state index contributed by atoms with van der Waals surface area (Å²) in [4.78, 5) is 26.5. The van der Waals surface area contributed by atoms with E-state index >= 15 is 0 Å². The van der Waals surface area contributed by atoms with E-state index in [0.29, 0.717) is 18.8 Å². The largest absolute Gasteiger partial charge is 0.464 e. The third-order valence-electron chi connectivity index (χ3n) is 2.51. The molecule has 1 atom stereocenters. The first-order valence-electron chi connectivity index (χ1n) is 5.71. The van der Waals surface area contributed by atoms with Crippen molar-refractivity contribution in [2.24, 2.45) is 0 Å². The van der Waals surface area contributed by atoms with Gasteiger partial charge in [-0.25, -0.2) is 4.79 Å². The van der Waals surface area contributed by atoms with E-state index in [4.69, 9.17) is 9.47 Å². The summed E-state index contributed by atoms with van der Waals surface area (Å²) in [5.41, 5.74) is 0.906. The van der Waals surface area contributed by atoms with Crippen LogP contribution in [-0.2, 0) is 20.7 Å². The highest BCUT2D eigenvalue weighted by molar-refractivity contribution is 5.82. The SMILES string of the molecule is CCOC(=O)C1Cc2ccc(OC(C)=O)nc2N1. The monoisotopic (exact) mass is 250 g/mol. The van der Waals surface area contributed by atoms with Gasteiger partial charge in [-0.1, -0.05) is 0 Å². The van der Waals surface area contributed by atoms with Gasteiger partial charge in [0.15, 0.2) is 0 Å². The molecule has 0 amide bonds. The number of nitrogens with one attached hydrogen (secondary N) is 1. The Kier molecular flexibility index (Phi) is 3.45. The Morgan fingerprint density at radius 3 is 2.94 bits per heavy atom. The number of hydrogen-bond acceptors (Lipinski definition) is 6. The van der Waals surface area contributed by atoms with Crippen LogP contribution in [0.25, 0.3) is 0 Å². The fourth-order valence-electron chi connectivity index (χ4n) is 1.78.